The maximum Gasteiger partial charge on any atom is 0.0618 e. The summed E-state index contributed by atoms with van der Waals surface area (Å²) in [6.07, 6.45) is 0. The molecule has 0 aliphatic carbocycles. The van der Waals surface area contributed by atoms with E-state index in [0.29, 0.717) is 0 Å². The van der Waals surface area contributed by atoms with Crippen LogP contribution in [0.2, 0.25) is 0 Å². The Morgan fingerprint density at radius 2 is 0.530 bits per heavy atom. The molecule has 0 N–H and O–H groups in total. The zero-order valence-corrected chi connectivity index (χ0v) is 36.0. The number of rotatable bonds is 6. The standard InChI is InChI=1S/C64H40N2/c1-3-21-51(22-4-1)65(63-53-25-13-11-19-47(53)37-49-35-43-15-7-9-17-45(43)39-57(49)63)59-33-29-41-28-32-56-60(34-30-42-27-31-55(59)61(41)62(42)56)66(52-23-5-2-6-24-52)64-54-26-14-12-20-48(54)38-50-36-44-16-8-10-18-46(44)40-58(50)64/h1-40H. The third-order valence-electron chi connectivity index (χ3n) is 14.0. The molecule has 0 heterocycles. The van der Waals surface area contributed by atoms with E-state index < -0.39 is 0 Å². The lowest BCUT2D eigenvalue weighted by molar-refractivity contribution is 1.33. The van der Waals surface area contributed by atoms with Gasteiger partial charge in [0.1, 0.15) is 0 Å². The first kappa shape index (κ1) is 36.7. The lowest BCUT2D eigenvalue weighted by Gasteiger charge is -2.31. The van der Waals surface area contributed by atoms with Crippen LogP contribution < -0.4 is 9.80 Å². The quantitative estimate of drug-likeness (QED) is 0.122. The molecule has 0 atom stereocenters. The molecule has 0 unspecified atom stereocenters. The second-order valence-electron chi connectivity index (χ2n) is 17.7. The van der Waals surface area contributed by atoms with Crippen LogP contribution >= 0.6 is 0 Å². The van der Waals surface area contributed by atoms with Crippen molar-refractivity contribution in [3.05, 3.63) is 243 Å². The molecule has 0 bridgehead atoms. The number of nitrogens with zero attached hydrogens (tertiary/aromatic N) is 2. The predicted octanol–water partition coefficient (Wildman–Crippen LogP) is 18.4. The van der Waals surface area contributed by atoms with Crippen molar-refractivity contribution >= 4 is 131 Å². The van der Waals surface area contributed by atoms with Crippen LogP contribution in [0.1, 0.15) is 0 Å². The first-order valence-corrected chi connectivity index (χ1v) is 22.8. The predicted molar refractivity (Wildman–Crippen MR) is 285 cm³/mol. The zero-order valence-electron chi connectivity index (χ0n) is 36.0. The molecule has 14 aromatic rings. The van der Waals surface area contributed by atoms with Crippen LogP contribution in [0, 0.1) is 0 Å². The molecule has 2 nitrogen and oxygen atoms in total. The highest BCUT2D eigenvalue weighted by Gasteiger charge is 2.26. The number of hydrogen-bond acceptors (Lipinski definition) is 2. The van der Waals surface area contributed by atoms with E-state index in [4.69, 9.17) is 0 Å². The highest BCUT2D eigenvalue weighted by molar-refractivity contribution is 6.30. The van der Waals surface area contributed by atoms with Crippen molar-refractivity contribution in [1.82, 2.24) is 0 Å². The molecule has 0 aliphatic heterocycles. The van der Waals surface area contributed by atoms with Crippen molar-refractivity contribution in [2.75, 3.05) is 9.80 Å². The molecule has 306 valence electrons. The maximum atomic E-state index is 2.52. The Bertz CT molecular complexity index is 3950. The Labute approximate surface area is 381 Å². The second kappa shape index (κ2) is 14.4. The van der Waals surface area contributed by atoms with Crippen LogP contribution in [0.5, 0.6) is 0 Å². The monoisotopic (exact) mass is 836 g/mol. The Morgan fingerprint density at radius 1 is 0.197 bits per heavy atom. The molecule has 0 spiro atoms. The second-order valence-corrected chi connectivity index (χ2v) is 17.7. The van der Waals surface area contributed by atoms with E-state index in [1.165, 1.54) is 108 Å². The fourth-order valence-electron chi connectivity index (χ4n) is 11.0. The smallest absolute Gasteiger partial charge is 0.0618 e. The normalized spacial score (nSPS) is 11.9. The van der Waals surface area contributed by atoms with Crippen molar-refractivity contribution in [3.8, 4) is 0 Å². The molecule has 14 aromatic carbocycles. The fraction of sp³-hybridized carbons (Fsp3) is 0. The third-order valence-corrected chi connectivity index (χ3v) is 14.0. The summed E-state index contributed by atoms with van der Waals surface area (Å²) >= 11 is 0. The van der Waals surface area contributed by atoms with Crippen molar-refractivity contribution < 1.29 is 0 Å². The minimum Gasteiger partial charge on any atom is -0.309 e. The maximum absolute atomic E-state index is 2.52. The topological polar surface area (TPSA) is 6.48 Å². The van der Waals surface area contributed by atoms with Gasteiger partial charge in [0.2, 0.25) is 0 Å². The zero-order chi connectivity index (χ0) is 43.3. The molecule has 0 saturated heterocycles. The molecule has 0 amide bonds. The number of benzene rings is 14. The largest absolute Gasteiger partial charge is 0.309 e. The van der Waals surface area contributed by atoms with E-state index in [1.807, 2.05) is 0 Å². The molecule has 0 aliphatic rings. The van der Waals surface area contributed by atoms with Gasteiger partial charge in [-0.05, 0) is 137 Å². The van der Waals surface area contributed by atoms with Crippen LogP contribution in [0.3, 0.4) is 0 Å². The summed E-state index contributed by atoms with van der Waals surface area (Å²) in [5, 5.41) is 22.1. The lowest BCUT2D eigenvalue weighted by Crippen LogP contribution is -2.12. The first-order chi connectivity index (χ1) is 32.7. The summed E-state index contributed by atoms with van der Waals surface area (Å²) in [6.45, 7) is 0. The van der Waals surface area contributed by atoms with Crippen LogP contribution in [0.4, 0.5) is 34.1 Å². The van der Waals surface area contributed by atoms with Gasteiger partial charge in [0.15, 0.2) is 0 Å². The Balaban J connectivity index is 1.08. The third kappa shape index (κ3) is 5.55. The Morgan fingerprint density at radius 3 is 0.955 bits per heavy atom. The van der Waals surface area contributed by atoms with Crippen LogP contribution in [-0.2, 0) is 0 Å². The van der Waals surface area contributed by atoms with E-state index >= 15 is 0 Å². The van der Waals surface area contributed by atoms with Gasteiger partial charge in [-0.15, -0.1) is 0 Å². The van der Waals surface area contributed by atoms with Crippen molar-refractivity contribution in [3.63, 3.8) is 0 Å². The molecule has 0 aromatic heterocycles. The van der Waals surface area contributed by atoms with Gasteiger partial charge >= 0.3 is 0 Å². The van der Waals surface area contributed by atoms with Gasteiger partial charge in [0.25, 0.3) is 0 Å². The van der Waals surface area contributed by atoms with Crippen molar-refractivity contribution in [2.24, 2.45) is 0 Å². The molecule has 0 radical (unpaired) electrons. The molecule has 14 rings (SSSR count). The minimum atomic E-state index is 1.12. The lowest BCUT2D eigenvalue weighted by atomic mass is 9.90. The van der Waals surface area contributed by atoms with Gasteiger partial charge in [0, 0.05) is 43.7 Å². The van der Waals surface area contributed by atoms with Gasteiger partial charge in [0.05, 0.1) is 22.7 Å². The summed E-state index contributed by atoms with van der Waals surface area (Å²) in [7, 11) is 0. The molecule has 0 saturated carbocycles. The summed E-state index contributed by atoms with van der Waals surface area (Å²) < 4.78 is 0. The van der Waals surface area contributed by atoms with Crippen LogP contribution in [0.15, 0.2) is 243 Å². The van der Waals surface area contributed by atoms with Crippen LogP contribution in [-0.4, -0.2) is 0 Å². The molecule has 2 heteroatoms. The SMILES string of the molecule is c1ccc(N(c2c3ccccc3cc3cc4ccccc4cc23)c2ccc3ccc4c(N(c5ccccc5)c5c6ccccc6cc6cc7ccccc7cc56)ccc5ccc2c3c54)cc1. The molecule has 66 heavy (non-hydrogen) atoms. The van der Waals surface area contributed by atoms with Gasteiger partial charge in [-0.2, -0.15) is 0 Å². The van der Waals surface area contributed by atoms with Gasteiger partial charge < -0.3 is 9.80 Å². The Hall–Kier alpha value is -8.72. The molecule has 0 fully saturated rings. The first-order valence-electron chi connectivity index (χ1n) is 22.8. The van der Waals surface area contributed by atoms with Crippen molar-refractivity contribution in [2.45, 2.75) is 0 Å². The van der Waals surface area contributed by atoms with Gasteiger partial charge in [-0.25, -0.2) is 0 Å². The van der Waals surface area contributed by atoms with Crippen molar-refractivity contribution in [1.29, 1.82) is 0 Å². The summed E-state index contributed by atoms with van der Waals surface area (Å²) in [4.78, 5) is 5.05. The fourth-order valence-corrected chi connectivity index (χ4v) is 11.0. The number of anilines is 6. The number of para-hydroxylation sites is 2. The average molecular weight is 837 g/mol. The van der Waals surface area contributed by atoms with E-state index in [-0.39, 0.29) is 0 Å². The highest BCUT2D eigenvalue weighted by atomic mass is 15.2. The van der Waals surface area contributed by atoms with E-state index in [2.05, 4.69) is 252 Å². The molecular weight excluding hydrogens is 797 g/mol. The summed E-state index contributed by atoms with van der Waals surface area (Å²) in [5.41, 5.74) is 6.88. The summed E-state index contributed by atoms with van der Waals surface area (Å²) in [5.74, 6) is 0. The van der Waals surface area contributed by atoms with E-state index in [1.54, 1.807) is 0 Å². The highest BCUT2D eigenvalue weighted by Crippen LogP contribution is 2.52. The van der Waals surface area contributed by atoms with E-state index in [0.717, 1.165) is 22.7 Å². The van der Waals surface area contributed by atoms with Crippen LogP contribution in [0.25, 0.3) is 97.0 Å². The number of fused-ring (bicyclic) bond motifs is 6. The minimum absolute atomic E-state index is 1.12. The molecular formula is C64H40N2. The number of hydrogen-bond donors (Lipinski definition) is 0. The van der Waals surface area contributed by atoms with Gasteiger partial charge in [-0.3, -0.25) is 0 Å². The summed E-state index contributed by atoms with van der Waals surface area (Å²) in [6, 6.07) is 90.0. The van der Waals surface area contributed by atoms with Gasteiger partial charge in [-0.1, -0.05) is 170 Å². The Kier molecular flexibility index (Phi) is 8.02. The van der Waals surface area contributed by atoms with E-state index in [9.17, 15) is 0 Å². The average Bonchev–Trinajstić information content (AvgIpc) is 3.37.